The molecule has 8 nitrogen and oxygen atoms in total. The van der Waals surface area contributed by atoms with Crippen LogP contribution >= 0.6 is 0 Å². The Balaban J connectivity index is 3.92. The lowest BCUT2D eigenvalue weighted by Crippen LogP contribution is -2.42. The van der Waals surface area contributed by atoms with E-state index in [4.69, 9.17) is 10.2 Å². The summed E-state index contributed by atoms with van der Waals surface area (Å²) in [5.74, 6) is -0.625. The van der Waals surface area contributed by atoms with E-state index >= 15 is 0 Å². The maximum absolute atomic E-state index is 11.0. The first-order valence-corrected chi connectivity index (χ1v) is 10.2. The first-order chi connectivity index (χ1) is 13.1. The molecule has 0 aliphatic rings. The number of hydrogen-bond donors (Lipinski definition) is 4. The third kappa shape index (κ3) is 15.6. The maximum Gasteiger partial charge on any atom is 0.245 e. The zero-order valence-corrected chi connectivity index (χ0v) is 18.2. The van der Waals surface area contributed by atoms with Gasteiger partial charge in [0.05, 0.1) is 54.4 Å². The summed E-state index contributed by atoms with van der Waals surface area (Å²) in [5, 5.41) is 22.7. The van der Waals surface area contributed by atoms with Crippen molar-refractivity contribution in [2.75, 3.05) is 80.7 Å². The van der Waals surface area contributed by atoms with Crippen molar-refractivity contribution in [1.29, 1.82) is 0 Å². The summed E-state index contributed by atoms with van der Waals surface area (Å²) in [6.07, 6.45) is 8.38. The maximum atomic E-state index is 11.0. The fourth-order valence-electron chi connectivity index (χ4n) is 2.80. The second-order valence-electron chi connectivity index (χ2n) is 8.59. The average Bonchev–Trinajstić information content (AvgIpc) is 2.64. The van der Waals surface area contributed by atoms with Crippen molar-refractivity contribution in [3.8, 4) is 0 Å². The van der Waals surface area contributed by atoms with Crippen molar-refractivity contribution >= 4 is 11.8 Å². The van der Waals surface area contributed by atoms with Gasteiger partial charge in [-0.05, 0) is 37.8 Å². The van der Waals surface area contributed by atoms with Crippen LogP contribution in [0.1, 0.15) is 25.7 Å². The highest BCUT2D eigenvalue weighted by Gasteiger charge is 2.14. The van der Waals surface area contributed by atoms with E-state index in [0.717, 1.165) is 60.8 Å². The number of aliphatic hydroxyl groups is 2. The molecule has 0 saturated heterocycles. The van der Waals surface area contributed by atoms with Crippen molar-refractivity contribution in [1.82, 2.24) is 10.6 Å². The van der Waals surface area contributed by atoms with Crippen LogP contribution < -0.4 is 10.6 Å². The number of quaternary nitrogens is 2. The topological polar surface area (TPSA) is 98.7 Å². The lowest BCUT2D eigenvalue weighted by Gasteiger charge is -2.30. The van der Waals surface area contributed by atoms with Gasteiger partial charge >= 0.3 is 0 Å². The molecule has 0 aromatic carbocycles. The van der Waals surface area contributed by atoms with E-state index in [1.807, 2.05) is 0 Å². The summed E-state index contributed by atoms with van der Waals surface area (Å²) < 4.78 is 1.81. The number of aliphatic hydroxyl groups excluding tert-OH is 2. The van der Waals surface area contributed by atoms with Gasteiger partial charge in [-0.3, -0.25) is 9.59 Å². The van der Waals surface area contributed by atoms with Gasteiger partial charge in [0.15, 0.2) is 0 Å². The summed E-state index contributed by atoms with van der Waals surface area (Å²) in [4.78, 5) is 21.9. The molecule has 164 valence electrons. The minimum Gasteiger partial charge on any atom is -0.387 e. The van der Waals surface area contributed by atoms with Crippen LogP contribution in [-0.2, 0) is 9.59 Å². The predicted octanol–water partition coefficient (Wildman–Crippen LogP) is -0.527. The number of carbonyl (C=O) groups excluding carboxylic acids is 2. The molecule has 0 spiro atoms. The zero-order chi connectivity index (χ0) is 21.5. The molecule has 0 fully saturated rings. The van der Waals surface area contributed by atoms with Gasteiger partial charge < -0.3 is 29.8 Å². The lowest BCUT2D eigenvalue weighted by molar-refractivity contribution is -0.887. The predicted molar refractivity (Wildman–Crippen MR) is 111 cm³/mol. The second-order valence-corrected chi connectivity index (χ2v) is 8.59. The van der Waals surface area contributed by atoms with Crippen LogP contribution in [0.5, 0.6) is 0 Å². The number of hydrogen-bond acceptors (Lipinski definition) is 4. The Kier molecular flexibility index (Phi) is 13.7. The van der Waals surface area contributed by atoms with Gasteiger partial charge in [0, 0.05) is 13.1 Å². The Labute approximate surface area is 170 Å². The molecule has 0 aliphatic heterocycles. The van der Waals surface area contributed by atoms with Crippen LogP contribution in [0.25, 0.3) is 0 Å². The van der Waals surface area contributed by atoms with Crippen LogP contribution in [0.4, 0.5) is 0 Å². The quantitative estimate of drug-likeness (QED) is 0.159. The van der Waals surface area contributed by atoms with E-state index < -0.39 is 13.2 Å². The molecule has 0 aliphatic carbocycles. The number of carbonyl (C=O) groups is 2. The Hall–Kier alpha value is -1.48. The normalized spacial score (nSPS) is 12.4. The fourth-order valence-corrected chi connectivity index (χ4v) is 2.80. The number of nitrogens with zero attached hydrogens (tertiary/aromatic N) is 2. The second kappa shape index (κ2) is 14.5. The van der Waals surface area contributed by atoms with Crippen molar-refractivity contribution in [3.63, 3.8) is 0 Å². The third-order valence-corrected chi connectivity index (χ3v) is 4.68. The number of likely N-dealkylation sites (N-methyl/N-ethyl adjacent to an activating group) is 2. The van der Waals surface area contributed by atoms with Gasteiger partial charge in [0.2, 0.25) is 11.8 Å². The Bertz CT molecular complexity index is 437. The Morgan fingerprint density at radius 3 is 1.39 bits per heavy atom. The molecule has 0 rings (SSSR count). The van der Waals surface area contributed by atoms with Crippen LogP contribution in [0, 0.1) is 0 Å². The van der Waals surface area contributed by atoms with E-state index in [9.17, 15) is 9.59 Å². The molecule has 0 heterocycles. The van der Waals surface area contributed by atoms with Gasteiger partial charge in [0.1, 0.15) is 13.2 Å². The summed E-state index contributed by atoms with van der Waals surface area (Å²) in [5.41, 5.74) is 0. The molecular formula is C20H42N4O4+2. The summed E-state index contributed by atoms with van der Waals surface area (Å²) in [7, 11) is 8.82. The van der Waals surface area contributed by atoms with Crippen molar-refractivity contribution in [2.24, 2.45) is 0 Å². The molecule has 0 radical (unpaired) electrons. The lowest BCUT2D eigenvalue weighted by atomic mass is 10.2. The van der Waals surface area contributed by atoms with E-state index in [1.165, 1.54) is 0 Å². The zero-order valence-electron chi connectivity index (χ0n) is 18.2. The van der Waals surface area contributed by atoms with Gasteiger partial charge in [-0.2, -0.15) is 0 Å². The Morgan fingerprint density at radius 2 is 1.07 bits per heavy atom. The van der Waals surface area contributed by atoms with Crippen LogP contribution in [-0.4, -0.2) is 112 Å². The van der Waals surface area contributed by atoms with Crippen molar-refractivity contribution < 1.29 is 28.8 Å². The molecule has 0 aromatic rings. The highest BCUT2D eigenvalue weighted by molar-refractivity contribution is 5.77. The number of nitrogens with one attached hydrogen (secondary N) is 2. The molecular weight excluding hydrogens is 360 g/mol. The third-order valence-electron chi connectivity index (χ3n) is 4.68. The number of unbranched alkanes of at least 4 members (excludes halogenated alkanes) is 2. The monoisotopic (exact) mass is 402 g/mol. The molecule has 0 unspecified atom stereocenters. The van der Waals surface area contributed by atoms with Crippen LogP contribution in [0.15, 0.2) is 12.2 Å². The van der Waals surface area contributed by atoms with Gasteiger partial charge in [0.25, 0.3) is 0 Å². The van der Waals surface area contributed by atoms with E-state index in [2.05, 4.69) is 51.0 Å². The summed E-state index contributed by atoms with van der Waals surface area (Å²) >= 11 is 0. The average molecular weight is 403 g/mol. The van der Waals surface area contributed by atoms with E-state index in [1.54, 1.807) is 0 Å². The molecule has 8 heteroatoms. The number of rotatable bonds is 16. The summed E-state index contributed by atoms with van der Waals surface area (Å²) in [6, 6.07) is 0. The van der Waals surface area contributed by atoms with Gasteiger partial charge in [-0.25, -0.2) is 0 Å². The molecule has 0 bridgehead atoms. The minimum atomic E-state index is -0.443. The standard InChI is InChI=1S/C20H40N4O4/c1-23(2,13-7-5-11-21-19(27)17-25)15-9-10-16-24(3,4)14-8-6-12-22-20(28)18-26/h9-10,25-26H,5-8,11-18H2,1-4H3/p+2/b10-9-. The van der Waals surface area contributed by atoms with Crippen LogP contribution in [0.3, 0.4) is 0 Å². The smallest absolute Gasteiger partial charge is 0.245 e. The number of amides is 2. The van der Waals surface area contributed by atoms with Crippen molar-refractivity contribution in [2.45, 2.75) is 25.7 Å². The first kappa shape index (κ1) is 26.5. The highest BCUT2D eigenvalue weighted by atomic mass is 16.3. The largest absolute Gasteiger partial charge is 0.387 e. The molecule has 0 saturated carbocycles. The molecule has 4 N–H and O–H groups in total. The highest BCUT2D eigenvalue weighted by Crippen LogP contribution is 2.04. The van der Waals surface area contributed by atoms with Gasteiger partial charge in [-0.15, -0.1) is 0 Å². The minimum absolute atomic E-state index is 0.313. The van der Waals surface area contributed by atoms with E-state index in [0.29, 0.717) is 13.1 Å². The first-order valence-electron chi connectivity index (χ1n) is 10.2. The SMILES string of the molecule is C[N+](C)(C/C=C\C[N+](C)(C)CCCCNC(=O)CO)CCCCNC(=O)CO. The van der Waals surface area contributed by atoms with E-state index in [-0.39, 0.29) is 11.8 Å². The fraction of sp³-hybridized carbons (Fsp3) is 0.800. The molecule has 0 aromatic heterocycles. The van der Waals surface area contributed by atoms with Crippen LogP contribution in [0.2, 0.25) is 0 Å². The summed E-state index contributed by atoms with van der Waals surface area (Å²) in [6.45, 7) is 4.36. The van der Waals surface area contributed by atoms with Crippen molar-refractivity contribution in [3.05, 3.63) is 12.2 Å². The van der Waals surface area contributed by atoms with Gasteiger partial charge in [-0.1, -0.05) is 0 Å². The molecule has 28 heavy (non-hydrogen) atoms. The molecule has 2 amide bonds. The molecule has 0 atom stereocenters. The Morgan fingerprint density at radius 1 is 0.714 bits per heavy atom.